The van der Waals surface area contributed by atoms with Gasteiger partial charge in [-0.1, -0.05) is 42.5 Å². The van der Waals surface area contributed by atoms with Crippen molar-refractivity contribution >= 4 is 12.2 Å². The van der Waals surface area contributed by atoms with Gasteiger partial charge in [-0.05, 0) is 18.6 Å². The summed E-state index contributed by atoms with van der Waals surface area (Å²) >= 11 is 0. The van der Waals surface area contributed by atoms with Crippen molar-refractivity contribution < 1.29 is 4.84 Å². The van der Waals surface area contributed by atoms with Crippen LogP contribution in [0.15, 0.2) is 30.9 Å². The first-order valence-corrected chi connectivity index (χ1v) is 4.34. The molecular formula is C11H14N2O. The number of hydrogen-bond donors (Lipinski definition) is 2. The first-order chi connectivity index (χ1) is 6.83. The zero-order valence-corrected chi connectivity index (χ0v) is 8.16. The van der Waals surface area contributed by atoms with Gasteiger partial charge in [0.15, 0.2) is 5.75 Å². The Bertz CT molecular complexity index is 345. The van der Waals surface area contributed by atoms with E-state index in [0.717, 1.165) is 11.1 Å². The summed E-state index contributed by atoms with van der Waals surface area (Å²) < 4.78 is 0. The molecule has 0 amide bonds. The van der Waals surface area contributed by atoms with Gasteiger partial charge < -0.3 is 4.84 Å². The second kappa shape index (κ2) is 5.21. The lowest BCUT2D eigenvalue weighted by atomic mass is 10.1. The van der Waals surface area contributed by atoms with Crippen molar-refractivity contribution in [2.75, 3.05) is 0 Å². The summed E-state index contributed by atoms with van der Waals surface area (Å²) in [4.78, 5) is 5.04. The van der Waals surface area contributed by atoms with Gasteiger partial charge in [0.25, 0.3) is 0 Å². The average Bonchev–Trinajstić information content (AvgIpc) is 2.19. The van der Waals surface area contributed by atoms with Crippen LogP contribution in [-0.2, 0) is 0 Å². The Morgan fingerprint density at radius 3 is 2.86 bits per heavy atom. The van der Waals surface area contributed by atoms with Crippen molar-refractivity contribution in [3.05, 3.63) is 42.0 Å². The maximum absolute atomic E-state index is 5.08. The summed E-state index contributed by atoms with van der Waals surface area (Å²) in [6.07, 6.45) is 5.68. The number of nitrogens with one attached hydrogen (secondary N) is 1. The van der Waals surface area contributed by atoms with Crippen LogP contribution in [0.3, 0.4) is 0 Å². The SMILES string of the molecule is C=Cc1c(/C=C\C)cccc1ONN. The second-order valence-electron chi connectivity index (χ2n) is 2.68. The molecule has 0 spiro atoms. The number of rotatable bonds is 4. The molecule has 0 atom stereocenters. The number of nitrogens with two attached hydrogens (primary N) is 1. The van der Waals surface area contributed by atoms with E-state index >= 15 is 0 Å². The molecule has 0 bridgehead atoms. The van der Waals surface area contributed by atoms with Crippen LogP contribution in [0.2, 0.25) is 0 Å². The van der Waals surface area contributed by atoms with Gasteiger partial charge >= 0.3 is 0 Å². The van der Waals surface area contributed by atoms with Crippen LogP contribution >= 0.6 is 0 Å². The maximum atomic E-state index is 5.08. The highest BCUT2D eigenvalue weighted by Crippen LogP contribution is 2.23. The molecule has 3 heteroatoms. The minimum Gasteiger partial charge on any atom is -0.393 e. The topological polar surface area (TPSA) is 47.3 Å². The number of hydrogen-bond acceptors (Lipinski definition) is 3. The van der Waals surface area contributed by atoms with Gasteiger partial charge in [-0.3, -0.25) is 0 Å². The summed E-state index contributed by atoms with van der Waals surface area (Å²) in [5, 5.41) is 0. The van der Waals surface area contributed by atoms with Crippen molar-refractivity contribution in [1.82, 2.24) is 5.59 Å². The molecule has 14 heavy (non-hydrogen) atoms. The van der Waals surface area contributed by atoms with Crippen LogP contribution in [0.1, 0.15) is 18.1 Å². The largest absolute Gasteiger partial charge is 0.393 e. The predicted molar refractivity (Wildman–Crippen MR) is 59.2 cm³/mol. The molecule has 1 rings (SSSR count). The maximum Gasteiger partial charge on any atom is 0.156 e. The molecule has 0 saturated carbocycles. The molecular weight excluding hydrogens is 176 g/mol. The van der Waals surface area contributed by atoms with Crippen LogP contribution in [0.5, 0.6) is 5.75 Å². The van der Waals surface area contributed by atoms with Gasteiger partial charge in [0, 0.05) is 5.56 Å². The van der Waals surface area contributed by atoms with E-state index in [1.54, 1.807) is 6.08 Å². The van der Waals surface area contributed by atoms with E-state index in [0.29, 0.717) is 5.75 Å². The summed E-state index contributed by atoms with van der Waals surface area (Å²) in [6, 6.07) is 5.71. The van der Waals surface area contributed by atoms with Crippen LogP contribution in [0.4, 0.5) is 0 Å². The molecule has 1 aromatic carbocycles. The minimum absolute atomic E-state index is 0.665. The molecule has 0 aliphatic carbocycles. The molecule has 0 saturated heterocycles. The summed E-state index contributed by atoms with van der Waals surface area (Å²) in [7, 11) is 0. The summed E-state index contributed by atoms with van der Waals surface area (Å²) in [5.74, 6) is 5.75. The van der Waals surface area contributed by atoms with Crippen molar-refractivity contribution in [2.45, 2.75) is 6.92 Å². The molecule has 74 valence electrons. The third-order valence-corrected chi connectivity index (χ3v) is 1.82. The third kappa shape index (κ3) is 2.22. The van der Waals surface area contributed by atoms with E-state index in [9.17, 15) is 0 Å². The van der Waals surface area contributed by atoms with Crippen LogP contribution in [0.25, 0.3) is 12.2 Å². The molecule has 0 aliphatic rings. The van der Waals surface area contributed by atoms with Gasteiger partial charge in [0.2, 0.25) is 0 Å². The highest BCUT2D eigenvalue weighted by Gasteiger charge is 2.03. The van der Waals surface area contributed by atoms with E-state index < -0.39 is 0 Å². The van der Waals surface area contributed by atoms with E-state index in [4.69, 9.17) is 10.7 Å². The second-order valence-corrected chi connectivity index (χ2v) is 2.68. The van der Waals surface area contributed by atoms with Crippen molar-refractivity contribution in [3.8, 4) is 5.75 Å². The fraction of sp³-hybridized carbons (Fsp3) is 0.0909. The lowest BCUT2D eigenvalue weighted by Crippen LogP contribution is -2.26. The van der Waals surface area contributed by atoms with Gasteiger partial charge in [0.05, 0.1) is 0 Å². The fourth-order valence-electron chi connectivity index (χ4n) is 1.26. The Morgan fingerprint density at radius 1 is 1.50 bits per heavy atom. The van der Waals surface area contributed by atoms with Crippen molar-refractivity contribution in [1.29, 1.82) is 0 Å². The van der Waals surface area contributed by atoms with E-state index in [1.165, 1.54) is 0 Å². The molecule has 0 radical (unpaired) electrons. The molecule has 1 aromatic rings. The van der Waals surface area contributed by atoms with E-state index in [-0.39, 0.29) is 0 Å². The number of hydrazine groups is 1. The van der Waals surface area contributed by atoms with Crippen molar-refractivity contribution in [2.24, 2.45) is 5.84 Å². The number of benzene rings is 1. The zero-order valence-electron chi connectivity index (χ0n) is 8.16. The highest BCUT2D eigenvalue weighted by atomic mass is 16.7. The molecule has 0 aromatic heterocycles. The molecule has 3 nitrogen and oxygen atoms in total. The van der Waals surface area contributed by atoms with Crippen molar-refractivity contribution in [3.63, 3.8) is 0 Å². The normalized spacial score (nSPS) is 10.4. The predicted octanol–water partition coefficient (Wildman–Crippen LogP) is 2.12. The third-order valence-electron chi connectivity index (χ3n) is 1.82. The first kappa shape index (κ1) is 10.5. The van der Waals surface area contributed by atoms with E-state index in [1.807, 2.05) is 37.3 Å². The molecule has 0 heterocycles. The molecule has 3 N–H and O–H groups in total. The zero-order chi connectivity index (χ0) is 10.4. The number of allylic oxidation sites excluding steroid dienone is 1. The highest BCUT2D eigenvalue weighted by molar-refractivity contribution is 5.69. The molecule has 0 aliphatic heterocycles. The Balaban J connectivity index is 3.17. The minimum atomic E-state index is 0.665. The van der Waals surface area contributed by atoms with E-state index in [2.05, 4.69) is 12.2 Å². The van der Waals surface area contributed by atoms with Crippen LogP contribution in [-0.4, -0.2) is 0 Å². The molecule has 0 fully saturated rings. The lowest BCUT2D eigenvalue weighted by molar-refractivity contribution is 0.198. The Morgan fingerprint density at radius 2 is 2.29 bits per heavy atom. The lowest BCUT2D eigenvalue weighted by Gasteiger charge is -2.08. The first-order valence-electron chi connectivity index (χ1n) is 4.34. The summed E-state index contributed by atoms with van der Waals surface area (Å²) in [5.41, 5.74) is 4.13. The van der Waals surface area contributed by atoms with Gasteiger partial charge in [-0.15, -0.1) is 0 Å². The fourth-order valence-corrected chi connectivity index (χ4v) is 1.26. The van der Waals surface area contributed by atoms with Gasteiger partial charge in [-0.2, -0.15) is 0 Å². The Kier molecular flexibility index (Phi) is 3.91. The molecule has 0 unspecified atom stereocenters. The summed E-state index contributed by atoms with van der Waals surface area (Å²) in [6.45, 7) is 5.69. The monoisotopic (exact) mass is 190 g/mol. The van der Waals surface area contributed by atoms with Gasteiger partial charge in [0.1, 0.15) is 0 Å². The van der Waals surface area contributed by atoms with Gasteiger partial charge in [-0.25, -0.2) is 5.84 Å². The quantitative estimate of drug-likeness (QED) is 0.564. The standard InChI is InChI=1S/C11H14N2O/c1-3-6-9-7-5-8-11(14-13-12)10(9)4-2/h3-8,13H,2,12H2,1H3/b6-3-. The van der Waals surface area contributed by atoms with Crippen LogP contribution < -0.4 is 16.3 Å². The van der Waals surface area contributed by atoms with Crippen LogP contribution in [0, 0.1) is 0 Å². The average molecular weight is 190 g/mol. The Hall–Kier alpha value is -1.58. The Labute approximate surface area is 83.8 Å². The smallest absolute Gasteiger partial charge is 0.156 e.